The molecule has 1 atom stereocenters. The minimum atomic E-state index is -1.07. The zero-order valence-electron chi connectivity index (χ0n) is 16.8. The number of carboxylic acids is 1. The molecule has 0 saturated carbocycles. The molecule has 3 aromatic rings. The highest BCUT2D eigenvalue weighted by Gasteiger charge is 2.18. The van der Waals surface area contributed by atoms with E-state index >= 15 is 0 Å². The molecule has 10 heteroatoms. The van der Waals surface area contributed by atoms with Gasteiger partial charge in [0.25, 0.3) is 5.56 Å². The van der Waals surface area contributed by atoms with E-state index in [0.29, 0.717) is 37.0 Å². The highest BCUT2D eigenvalue weighted by Crippen LogP contribution is 2.35. The second kappa shape index (κ2) is 9.62. The maximum Gasteiger partial charge on any atom is 0.344 e. The topological polar surface area (TPSA) is 93.8 Å². The largest absolute Gasteiger partial charge is 0.479 e. The number of nitrogens with zero attached hydrogens (tertiary/aromatic N) is 3. The Balaban J connectivity index is 2.05. The van der Waals surface area contributed by atoms with E-state index in [1.54, 1.807) is 30.5 Å². The first-order chi connectivity index (χ1) is 14.6. The Kier molecular flexibility index (Phi) is 7.33. The van der Waals surface area contributed by atoms with Crippen LogP contribution in [-0.4, -0.2) is 33.1 Å². The fourth-order valence-corrected chi connectivity index (χ4v) is 4.54. The summed E-state index contributed by atoms with van der Waals surface area (Å²) >= 11 is 10.2. The average Bonchev–Trinajstić information content (AvgIpc) is 2.69. The Labute approximate surface area is 203 Å². The van der Waals surface area contributed by atoms with E-state index in [0.717, 1.165) is 4.47 Å². The third kappa shape index (κ3) is 5.24. The summed E-state index contributed by atoms with van der Waals surface area (Å²) in [7, 11) is 0. The van der Waals surface area contributed by atoms with Crippen LogP contribution in [0.25, 0.3) is 10.9 Å². The van der Waals surface area contributed by atoms with E-state index in [1.807, 2.05) is 19.9 Å². The van der Waals surface area contributed by atoms with Gasteiger partial charge in [-0.25, -0.2) is 9.78 Å². The SMILES string of the molecule is CC(C)c1nc2ccc(Br)cc2c(=O)n1N=Cc1cc(Br)c(O[C@@H](C)C(=O)O)c(Br)c1. The third-order valence-electron chi connectivity index (χ3n) is 4.34. The van der Waals surface area contributed by atoms with Crippen molar-refractivity contribution in [1.29, 1.82) is 0 Å². The monoisotopic (exact) mass is 613 g/mol. The lowest BCUT2D eigenvalue weighted by Crippen LogP contribution is -2.23. The molecule has 0 aliphatic rings. The van der Waals surface area contributed by atoms with Crippen LogP contribution in [0, 0.1) is 0 Å². The molecule has 1 N–H and O–H groups in total. The molecule has 1 aromatic heterocycles. The average molecular weight is 616 g/mol. The van der Waals surface area contributed by atoms with Crippen molar-refractivity contribution in [2.75, 3.05) is 0 Å². The molecule has 0 bridgehead atoms. The van der Waals surface area contributed by atoms with Crippen LogP contribution in [0.3, 0.4) is 0 Å². The number of aliphatic carboxylic acids is 1. The molecule has 7 nitrogen and oxygen atoms in total. The second-order valence-electron chi connectivity index (χ2n) is 7.06. The molecule has 0 aliphatic carbocycles. The Bertz CT molecular complexity index is 1230. The predicted octanol–water partition coefficient (Wildman–Crippen LogP) is 5.54. The van der Waals surface area contributed by atoms with E-state index < -0.39 is 12.1 Å². The highest BCUT2D eigenvalue weighted by atomic mass is 79.9. The van der Waals surface area contributed by atoms with Crippen molar-refractivity contribution in [3.8, 4) is 5.75 Å². The summed E-state index contributed by atoms with van der Waals surface area (Å²) in [6, 6.07) is 8.82. The van der Waals surface area contributed by atoms with E-state index in [4.69, 9.17) is 9.84 Å². The van der Waals surface area contributed by atoms with Crippen molar-refractivity contribution in [3.63, 3.8) is 0 Å². The third-order valence-corrected chi connectivity index (χ3v) is 6.01. The van der Waals surface area contributed by atoms with Crippen LogP contribution in [0.4, 0.5) is 0 Å². The van der Waals surface area contributed by atoms with E-state index in [2.05, 4.69) is 57.9 Å². The van der Waals surface area contributed by atoms with Crippen LogP contribution in [0.5, 0.6) is 5.75 Å². The van der Waals surface area contributed by atoms with Gasteiger partial charge in [0, 0.05) is 10.4 Å². The van der Waals surface area contributed by atoms with Gasteiger partial charge in [-0.15, -0.1) is 0 Å². The molecule has 1 heterocycles. The normalized spacial score (nSPS) is 12.6. The quantitative estimate of drug-likeness (QED) is 0.368. The first kappa shape index (κ1) is 23.6. The van der Waals surface area contributed by atoms with E-state index in [9.17, 15) is 9.59 Å². The smallest absolute Gasteiger partial charge is 0.344 e. The maximum atomic E-state index is 13.1. The minimum Gasteiger partial charge on any atom is -0.479 e. The van der Waals surface area contributed by atoms with Crippen LogP contribution in [-0.2, 0) is 4.79 Å². The summed E-state index contributed by atoms with van der Waals surface area (Å²) in [6.45, 7) is 5.34. The van der Waals surface area contributed by atoms with Crippen molar-refractivity contribution in [2.24, 2.45) is 5.10 Å². The van der Waals surface area contributed by atoms with Gasteiger partial charge in [-0.1, -0.05) is 29.8 Å². The molecule has 0 amide bonds. The fourth-order valence-electron chi connectivity index (χ4n) is 2.77. The number of halogens is 3. The molecule has 2 aromatic carbocycles. The molecule has 0 saturated heterocycles. The summed E-state index contributed by atoms with van der Waals surface area (Å²) in [4.78, 5) is 28.8. The molecule has 0 radical (unpaired) electrons. The van der Waals surface area contributed by atoms with Gasteiger partial charge < -0.3 is 9.84 Å². The van der Waals surface area contributed by atoms with Crippen molar-refractivity contribution >= 4 is 70.9 Å². The van der Waals surface area contributed by atoms with E-state index in [1.165, 1.54) is 11.6 Å². The molecule has 0 fully saturated rings. The highest BCUT2D eigenvalue weighted by molar-refractivity contribution is 9.11. The van der Waals surface area contributed by atoms with Gasteiger partial charge in [0.2, 0.25) is 0 Å². The molecular formula is C21H18Br3N3O4. The second-order valence-corrected chi connectivity index (χ2v) is 9.68. The van der Waals surface area contributed by atoms with Gasteiger partial charge in [0.05, 0.1) is 26.1 Å². The Morgan fingerprint density at radius 3 is 2.39 bits per heavy atom. The molecule has 3 rings (SSSR count). The Morgan fingerprint density at radius 1 is 1.16 bits per heavy atom. The molecule has 0 spiro atoms. The fraction of sp³-hybridized carbons (Fsp3) is 0.238. The summed E-state index contributed by atoms with van der Waals surface area (Å²) in [5, 5.41) is 13.9. The predicted molar refractivity (Wildman–Crippen MR) is 130 cm³/mol. The van der Waals surface area contributed by atoms with Gasteiger partial charge in [-0.3, -0.25) is 4.79 Å². The lowest BCUT2D eigenvalue weighted by Gasteiger charge is -2.14. The number of benzene rings is 2. The van der Waals surface area contributed by atoms with E-state index in [-0.39, 0.29) is 11.5 Å². The number of aromatic nitrogens is 2. The van der Waals surface area contributed by atoms with Crippen LogP contribution in [0.15, 0.2) is 53.6 Å². The lowest BCUT2D eigenvalue weighted by molar-refractivity contribution is -0.144. The van der Waals surface area contributed by atoms with Crippen LogP contribution in [0.2, 0.25) is 0 Å². The number of rotatable bonds is 6. The summed E-state index contributed by atoms with van der Waals surface area (Å²) in [6.07, 6.45) is 0.529. The van der Waals surface area contributed by atoms with Crippen LogP contribution >= 0.6 is 47.8 Å². The zero-order chi connectivity index (χ0) is 22.9. The molecular weight excluding hydrogens is 598 g/mol. The van der Waals surface area contributed by atoms with Gasteiger partial charge in [-0.2, -0.15) is 9.78 Å². The number of fused-ring (bicyclic) bond motifs is 1. The zero-order valence-corrected chi connectivity index (χ0v) is 21.5. The number of hydrogen-bond donors (Lipinski definition) is 1. The molecule has 31 heavy (non-hydrogen) atoms. The van der Waals surface area contributed by atoms with Crippen LogP contribution in [0.1, 0.15) is 38.1 Å². The number of carbonyl (C=O) groups is 1. The summed E-state index contributed by atoms with van der Waals surface area (Å²) < 4.78 is 8.66. The van der Waals surface area contributed by atoms with Crippen LogP contribution < -0.4 is 10.3 Å². The maximum absolute atomic E-state index is 13.1. The number of ether oxygens (including phenoxy) is 1. The lowest BCUT2D eigenvalue weighted by atomic mass is 10.2. The first-order valence-corrected chi connectivity index (χ1v) is 11.6. The number of carboxylic acid groups (broad SMARTS) is 1. The van der Waals surface area contributed by atoms with Crippen molar-refractivity contribution in [1.82, 2.24) is 9.66 Å². The van der Waals surface area contributed by atoms with Crippen molar-refractivity contribution in [3.05, 3.63) is 65.5 Å². The molecule has 0 aliphatic heterocycles. The molecule has 0 unspecified atom stereocenters. The summed E-state index contributed by atoms with van der Waals surface area (Å²) in [5.74, 6) is -0.182. The summed E-state index contributed by atoms with van der Waals surface area (Å²) in [5.41, 5.74) is 1.02. The van der Waals surface area contributed by atoms with Gasteiger partial charge in [0.1, 0.15) is 11.6 Å². The Morgan fingerprint density at radius 2 is 1.81 bits per heavy atom. The van der Waals surface area contributed by atoms with Gasteiger partial charge >= 0.3 is 5.97 Å². The van der Waals surface area contributed by atoms with Gasteiger partial charge in [-0.05, 0) is 74.7 Å². The number of hydrogen-bond acceptors (Lipinski definition) is 5. The van der Waals surface area contributed by atoms with Gasteiger partial charge in [0.15, 0.2) is 6.10 Å². The Hall–Kier alpha value is -2.04. The minimum absolute atomic E-state index is 0.0235. The van der Waals surface area contributed by atoms with Crippen molar-refractivity contribution < 1.29 is 14.6 Å². The molecule has 162 valence electrons. The standard InChI is InChI=1S/C21H18Br3N3O4/c1-10(2)19-26-17-5-4-13(22)8-14(17)20(28)27(19)25-9-12-6-15(23)18(16(24)7-12)31-11(3)21(29)30/h4-11H,1-3H3,(H,29,30)/t11-/m0/s1. The first-order valence-electron chi connectivity index (χ1n) is 9.23. The van der Waals surface area contributed by atoms with Crippen molar-refractivity contribution in [2.45, 2.75) is 32.8 Å².